The lowest BCUT2D eigenvalue weighted by Gasteiger charge is -2.56. The molecule has 1 aromatic carbocycles. The van der Waals surface area contributed by atoms with Crippen LogP contribution in [0.15, 0.2) is 24.3 Å². The van der Waals surface area contributed by atoms with Crippen molar-refractivity contribution in [2.75, 3.05) is 13.6 Å². The summed E-state index contributed by atoms with van der Waals surface area (Å²) >= 11 is 0. The average molecular weight is 285 g/mol. The van der Waals surface area contributed by atoms with Gasteiger partial charge in [-0.15, -0.1) is 0 Å². The van der Waals surface area contributed by atoms with Gasteiger partial charge in [-0.05, 0) is 38.1 Å². The number of aromatic hydroxyl groups is 1. The van der Waals surface area contributed by atoms with Gasteiger partial charge in [-0.1, -0.05) is 18.2 Å². The van der Waals surface area contributed by atoms with Crippen molar-refractivity contribution in [2.24, 2.45) is 5.92 Å². The summed E-state index contributed by atoms with van der Waals surface area (Å²) in [5, 5.41) is 20.6. The molecule has 2 heterocycles. The fourth-order valence-electron chi connectivity index (χ4n) is 5.24. The number of likely N-dealkylation sites (tertiary alicyclic amines) is 1. The second-order valence-electron chi connectivity index (χ2n) is 6.93. The number of hydrogen-bond donors (Lipinski definition) is 2. The molecule has 0 radical (unpaired) electrons. The van der Waals surface area contributed by atoms with Crippen LogP contribution < -0.4 is 4.74 Å². The van der Waals surface area contributed by atoms with Gasteiger partial charge >= 0.3 is 0 Å². The lowest BCUT2D eigenvalue weighted by Crippen LogP contribution is -2.64. The number of piperidine rings is 1. The molecule has 21 heavy (non-hydrogen) atoms. The van der Waals surface area contributed by atoms with E-state index in [9.17, 15) is 10.2 Å². The summed E-state index contributed by atoms with van der Waals surface area (Å²) in [5.41, 5.74) is 2.29. The van der Waals surface area contributed by atoms with Gasteiger partial charge in [-0.2, -0.15) is 0 Å². The van der Waals surface area contributed by atoms with Crippen molar-refractivity contribution in [3.05, 3.63) is 35.4 Å². The van der Waals surface area contributed by atoms with Crippen LogP contribution in [0, 0.1) is 5.92 Å². The van der Waals surface area contributed by atoms with Gasteiger partial charge < -0.3 is 19.8 Å². The molecule has 2 N–H and O–H groups in total. The fraction of sp³-hybridized carbons (Fsp3) is 0.529. The normalized spacial score (nSPS) is 42.6. The van der Waals surface area contributed by atoms with Crippen LogP contribution in [-0.2, 0) is 11.8 Å². The highest BCUT2D eigenvalue weighted by molar-refractivity contribution is 5.61. The van der Waals surface area contributed by atoms with Crippen molar-refractivity contribution in [3.63, 3.8) is 0 Å². The molecule has 1 aromatic rings. The Morgan fingerprint density at radius 2 is 2.19 bits per heavy atom. The molecule has 2 bridgehead atoms. The summed E-state index contributed by atoms with van der Waals surface area (Å²) in [4.78, 5) is 2.43. The predicted octanol–water partition coefficient (Wildman–Crippen LogP) is 1.20. The number of ether oxygens (including phenoxy) is 1. The first kappa shape index (κ1) is 12.1. The van der Waals surface area contributed by atoms with E-state index in [0.29, 0.717) is 17.7 Å². The minimum atomic E-state index is -0.594. The molecule has 5 atom stereocenters. The molecule has 4 aliphatic rings. The van der Waals surface area contributed by atoms with Crippen molar-refractivity contribution in [3.8, 4) is 11.5 Å². The first-order valence-corrected chi connectivity index (χ1v) is 7.71. The quantitative estimate of drug-likeness (QED) is 0.703. The van der Waals surface area contributed by atoms with Crippen LogP contribution in [-0.4, -0.2) is 47.0 Å². The second kappa shape index (κ2) is 3.62. The van der Waals surface area contributed by atoms with Crippen molar-refractivity contribution >= 4 is 0 Å². The number of phenolic OH excluding ortho intramolecular Hbond substituents is 1. The molecular formula is C17H19NO3. The molecular weight excluding hydrogens is 266 g/mol. The molecule has 110 valence electrons. The highest BCUT2D eigenvalue weighted by Crippen LogP contribution is 2.62. The van der Waals surface area contributed by atoms with E-state index >= 15 is 0 Å². The van der Waals surface area contributed by atoms with E-state index in [0.717, 1.165) is 19.4 Å². The minimum absolute atomic E-state index is 0.160. The SMILES string of the molecule is CN1CC[C@]23c4c5ccc(O)c4O[C@H]2[C@H](O)C=C[C@@H]3[C@H]1C5. The highest BCUT2D eigenvalue weighted by Gasteiger charge is 2.64. The molecule has 1 saturated heterocycles. The molecule has 0 aromatic heterocycles. The van der Waals surface area contributed by atoms with Gasteiger partial charge in [0.2, 0.25) is 0 Å². The summed E-state index contributed by atoms with van der Waals surface area (Å²) in [6.07, 6.45) is 5.18. The topological polar surface area (TPSA) is 52.9 Å². The van der Waals surface area contributed by atoms with E-state index < -0.39 is 6.10 Å². The van der Waals surface area contributed by atoms with Gasteiger partial charge in [0.15, 0.2) is 11.5 Å². The van der Waals surface area contributed by atoms with Gasteiger partial charge in [-0.25, -0.2) is 0 Å². The lowest BCUT2D eigenvalue weighted by atomic mass is 9.53. The van der Waals surface area contributed by atoms with Gasteiger partial charge in [0.1, 0.15) is 12.2 Å². The standard InChI is InChI=1S/C17H19NO3/c1-18-7-6-17-10-3-5-13(20)16(17)21-15-12(19)4-2-9(14(15)17)8-11(10)18/h2-5,10-11,13,16,19-20H,6-8H2,1H3/t10-,11-,13-,16+,17+/m1/s1. The summed E-state index contributed by atoms with van der Waals surface area (Å²) < 4.78 is 6.09. The van der Waals surface area contributed by atoms with Crippen LogP contribution in [0.1, 0.15) is 17.5 Å². The zero-order chi connectivity index (χ0) is 14.4. The van der Waals surface area contributed by atoms with Gasteiger partial charge in [-0.3, -0.25) is 0 Å². The molecule has 2 aliphatic heterocycles. The molecule has 4 nitrogen and oxygen atoms in total. The molecule has 2 aliphatic carbocycles. The number of nitrogens with zero attached hydrogens (tertiary/aromatic N) is 1. The maximum atomic E-state index is 10.4. The summed E-state index contributed by atoms with van der Waals surface area (Å²) in [5.74, 6) is 1.19. The van der Waals surface area contributed by atoms with E-state index in [2.05, 4.69) is 18.0 Å². The van der Waals surface area contributed by atoms with E-state index in [4.69, 9.17) is 4.74 Å². The Hall–Kier alpha value is -1.52. The first-order valence-electron chi connectivity index (χ1n) is 7.71. The maximum Gasteiger partial charge on any atom is 0.165 e. The number of aliphatic hydroxyl groups excluding tert-OH is 1. The largest absolute Gasteiger partial charge is 0.504 e. The third kappa shape index (κ3) is 1.21. The molecule has 1 spiro atoms. The van der Waals surface area contributed by atoms with E-state index in [1.807, 2.05) is 12.1 Å². The molecule has 0 unspecified atom stereocenters. The van der Waals surface area contributed by atoms with E-state index in [1.54, 1.807) is 6.07 Å². The summed E-state index contributed by atoms with van der Waals surface area (Å²) in [6.45, 7) is 1.01. The number of hydrogen-bond acceptors (Lipinski definition) is 4. The zero-order valence-corrected chi connectivity index (χ0v) is 12.0. The van der Waals surface area contributed by atoms with Crippen molar-refractivity contribution in [1.82, 2.24) is 4.90 Å². The Labute approximate surface area is 123 Å². The van der Waals surface area contributed by atoms with Crippen molar-refractivity contribution in [2.45, 2.75) is 36.5 Å². The Bertz CT molecular complexity index is 670. The maximum absolute atomic E-state index is 10.4. The Balaban J connectivity index is 1.84. The van der Waals surface area contributed by atoms with E-state index in [-0.39, 0.29) is 17.3 Å². The minimum Gasteiger partial charge on any atom is -0.504 e. The van der Waals surface area contributed by atoms with Crippen LogP contribution in [0.4, 0.5) is 0 Å². The average Bonchev–Trinajstić information content (AvgIpc) is 2.83. The van der Waals surface area contributed by atoms with Crippen molar-refractivity contribution < 1.29 is 14.9 Å². The first-order chi connectivity index (χ1) is 10.1. The van der Waals surface area contributed by atoms with Crippen LogP contribution in [0.2, 0.25) is 0 Å². The number of aliphatic hydroxyl groups is 1. The summed E-state index contributed by atoms with van der Waals surface area (Å²) in [6, 6.07) is 4.23. The smallest absolute Gasteiger partial charge is 0.165 e. The fourth-order valence-corrected chi connectivity index (χ4v) is 5.24. The Morgan fingerprint density at radius 3 is 3.05 bits per heavy atom. The second-order valence-corrected chi connectivity index (χ2v) is 6.93. The molecule has 0 saturated carbocycles. The predicted molar refractivity (Wildman–Crippen MR) is 77.6 cm³/mol. The van der Waals surface area contributed by atoms with Crippen molar-refractivity contribution in [1.29, 1.82) is 0 Å². The summed E-state index contributed by atoms with van der Waals surface area (Å²) in [7, 11) is 2.19. The lowest BCUT2D eigenvalue weighted by molar-refractivity contribution is -0.0453. The highest BCUT2D eigenvalue weighted by atomic mass is 16.5. The monoisotopic (exact) mass is 285 g/mol. The van der Waals surface area contributed by atoms with Gasteiger partial charge in [0, 0.05) is 22.9 Å². The Kier molecular flexibility index (Phi) is 2.08. The third-order valence-electron chi connectivity index (χ3n) is 6.15. The number of rotatable bonds is 0. The molecule has 4 heteroatoms. The molecule has 1 fully saturated rings. The van der Waals surface area contributed by atoms with Crippen LogP contribution >= 0.6 is 0 Å². The Morgan fingerprint density at radius 1 is 1.33 bits per heavy atom. The third-order valence-corrected chi connectivity index (χ3v) is 6.15. The zero-order valence-electron chi connectivity index (χ0n) is 12.0. The molecule has 5 rings (SSSR count). The molecule has 0 amide bonds. The van der Waals surface area contributed by atoms with E-state index in [1.165, 1.54) is 11.1 Å². The number of benzene rings is 1. The van der Waals surface area contributed by atoms with Crippen LogP contribution in [0.5, 0.6) is 11.5 Å². The van der Waals surface area contributed by atoms with Crippen LogP contribution in [0.3, 0.4) is 0 Å². The number of likely N-dealkylation sites (N-methyl/N-ethyl adjacent to an activating group) is 1. The van der Waals surface area contributed by atoms with Crippen LogP contribution in [0.25, 0.3) is 0 Å². The van der Waals surface area contributed by atoms with Gasteiger partial charge in [0.05, 0.1) is 0 Å². The van der Waals surface area contributed by atoms with Gasteiger partial charge in [0.25, 0.3) is 0 Å². The number of phenols is 1.